The Morgan fingerprint density at radius 1 is 0.750 bits per heavy atom. The fourth-order valence-corrected chi connectivity index (χ4v) is 1.69. The van der Waals surface area contributed by atoms with Gasteiger partial charge in [0.25, 0.3) is 0 Å². The minimum atomic E-state index is 0.740. The van der Waals surface area contributed by atoms with E-state index < -0.39 is 0 Å². The minimum Gasteiger partial charge on any atom is -0.494 e. The van der Waals surface area contributed by atoms with E-state index in [-0.39, 0.29) is 0 Å². The average molecular weight is 280 g/mol. The standard InChI is InChI=1S/C10H22O.C8H10O/c1-3-5-7-9-11-10-8-6-4-2;1-2-9-8-6-4-3-5-7-8/h3-10H2,1-2H3;3-7H,2H2,1H3. The van der Waals surface area contributed by atoms with E-state index in [0.29, 0.717) is 0 Å². The molecule has 1 rings (SSSR count). The van der Waals surface area contributed by atoms with Gasteiger partial charge in [0.15, 0.2) is 0 Å². The van der Waals surface area contributed by atoms with Crippen molar-refractivity contribution in [3.8, 4) is 5.75 Å². The lowest BCUT2D eigenvalue weighted by molar-refractivity contribution is 0.126. The fourth-order valence-electron chi connectivity index (χ4n) is 1.69. The second-order valence-electron chi connectivity index (χ2n) is 4.77. The topological polar surface area (TPSA) is 18.5 Å². The van der Waals surface area contributed by atoms with Gasteiger partial charge in [-0.3, -0.25) is 0 Å². The molecule has 0 heterocycles. The molecule has 0 amide bonds. The molecule has 0 N–H and O–H groups in total. The quantitative estimate of drug-likeness (QED) is 0.529. The number of ether oxygens (including phenoxy) is 2. The predicted molar refractivity (Wildman–Crippen MR) is 87.5 cm³/mol. The second-order valence-corrected chi connectivity index (χ2v) is 4.77. The van der Waals surface area contributed by atoms with Gasteiger partial charge in [-0.05, 0) is 31.9 Å². The van der Waals surface area contributed by atoms with Crippen molar-refractivity contribution in [3.63, 3.8) is 0 Å². The first-order valence-corrected chi connectivity index (χ1v) is 8.10. The van der Waals surface area contributed by atoms with E-state index in [1.165, 1.54) is 38.5 Å². The molecule has 0 aromatic heterocycles. The Kier molecular flexibility index (Phi) is 15.2. The molecule has 20 heavy (non-hydrogen) atoms. The Balaban J connectivity index is 0.000000367. The maximum absolute atomic E-state index is 5.44. The van der Waals surface area contributed by atoms with Crippen LogP contribution in [0.25, 0.3) is 0 Å². The van der Waals surface area contributed by atoms with Gasteiger partial charge in [-0.1, -0.05) is 57.7 Å². The summed E-state index contributed by atoms with van der Waals surface area (Å²) in [5.74, 6) is 0.944. The molecule has 0 aliphatic carbocycles. The van der Waals surface area contributed by atoms with Gasteiger partial charge in [-0.15, -0.1) is 0 Å². The summed E-state index contributed by atoms with van der Waals surface area (Å²) in [7, 11) is 0. The van der Waals surface area contributed by atoms with Crippen LogP contribution in [-0.4, -0.2) is 19.8 Å². The number of benzene rings is 1. The number of para-hydroxylation sites is 1. The normalized spacial score (nSPS) is 9.75. The molecule has 116 valence electrons. The third-order valence-electron chi connectivity index (χ3n) is 2.84. The molecule has 0 atom stereocenters. The van der Waals surface area contributed by atoms with E-state index in [9.17, 15) is 0 Å². The summed E-state index contributed by atoms with van der Waals surface area (Å²) in [5.41, 5.74) is 0. The first-order valence-electron chi connectivity index (χ1n) is 8.10. The van der Waals surface area contributed by atoms with Crippen LogP contribution in [0.5, 0.6) is 5.75 Å². The monoisotopic (exact) mass is 280 g/mol. The Bertz CT molecular complexity index is 264. The van der Waals surface area contributed by atoms with Gasteiger partial charge in [-0.2, -0.15) is 0 Å². The zero-order chi connectivity index (χ0) is 14.9. The highest BCUT2D eigenvalue weighted by atomic mass is 16.5. The Hall–Kier alpha value is -1.02. The number of hydrogen-bond donors (Lipinski definition) is 0. The number of unbranched alkanes of at least 4 members (excludes halogenated alkanes) is 4. The van der Waals surface area contributed by atoms with E-state index >= 15 is 0 Å². The highest BCUT2D eigenvalue weighted by molar-refractivity contribution is 5.20. The summed E-state index contributed by atoms with van der Waals surface area (Å²) in [4.78, 5) is 0. The summed E-state index contributed by atoms with van der Waals surface area (Å²) >= 11 is 0. The maximum Gasteiger partial charge on any atom is 0.119 e. The summed E-state index contributed by atoms with van der Waals surface area (Å²) in [6.45, 7) is 9.10. The molecule has 0 fully saturated rings. The van der Waals surface area contributed by atoms with Crippen molar-refractivity contribution in [3.05, 3.63) is 30.3 Å². The summed E-state index contributed by atoms with van der Waals surface area (Å²) in [5, 5.41) is 0. The van der Waals surface area contributed by atoms with Crippen LogP contribution in [0.2, 0.25) is 0 Å². The lowest BCUT2D eigenvalue weighted by Gasteiger charge is -2.01. The Morgan fingerprint density at radius 3 is 1.75 bits per heavy atom. The summed E-state index contributed by atoms with van der Waals surface area (Å²) in [6.07, 6.45) is 7.68. The van der Waals surface area contributed by atoms with Crippen LogP contribution in [0.3, 0.4) is 0 Å². The zero-order valence-corrected chi connectivity index (χ0v) is 13.6. The Labute approximate surface area is 125 Å². The van der Waals surface area contributed by atoms with E-state index in [2.05, 4.69) is 13.8 Å². The largest absolute Gasteiger partial charge is 0.494 e. The van der Waals surface area contributed by atoms with Gasteiger partial charge in [0.2, 0.25) is 0 Å². The molecule has 0 aliphatic rings. The van der Waals surface area contributed by atoms with Crippen LogP contribution >= 0.6 is 0 Å². The minimum absolute atomic E-state index is 0.740. The van der Waals surface area contributed by atoms with E-state index in [1.54, 1.807) is 0 Å². The van der Waals surface area contributed by atoms with E-state index in [4.69, 9.17) is 9.47 Å². The van der Waals surface area contributed by atoms with Crippen LogP contribution in [0, 0.1) is 0 Å². The molecular formula is C18H32O2. The fraction of sp³-hybridized carbons (Fsp3) is 0.667. The first-order chi connectivity index (χ1) is 9.85. The molecule has 0 aliphatic heterocycles. The molecule has 0 saturated carbocycles. The third-order valence-corrected chi connectivity index (χ3v) is 2.84. The van der Waals surface area contributed by atoms with Gasteiger partial charge < -0.3 is 9.47 Å². The van der Waals surface area contributed by atoms with Gasteiger partial charge in [0, 0.05) is 13.2 Å². The number of rotatable bonds is 10. The molecule has 0 unspecified atom stereocenters. The van der Waals surface area contributed by atoms with Crippen LogP contribution in [0.4, 0.5) is 0 Å². The molecular weight excluding hydrogens is 248 g/mol. The van der Waals surface area contributed by atoms with Crippen molar-refractivity contribution in [2.45, 2.75) is 59.3 Å². The van der Waals surface area contributed by atoms with Gasteiger partial charge in [-0.25, -0.2) is 0 Å². The lowest BCUT2D eigenvalue weighted by atomic mass is 10.2. The predicted octanol–water partition coefficient (Wildman–Crippen LogP) is 5.47. The Morgan fingerprint density at radius 2 is 1.30 bits per heavy atom. The molecule has 1 aromatic rings. The van der Waals surface area contributed by atoms with Crippen LogP contribution < -0.4 is 4.74 Å². The number of hydrogen-bond acceptors (Lipinski definition) is 2. The van der Waals surface area contributed by atoms with E-state index in [0.717, 1.165) is 25.6 Å². The molecule has 0 saturated heterocycles. The summed E-state index contributed by atoms with van der Waals surface area (Å²) < 4.78 is 10.6. The summed E-state index contributed by atoms with van der Waals surface area (Å²) in [6, 6.07) is 9.80. The molecule has 2 heteroatoms. The van der Waals surface area contributed by atoms with Crippen LogP contribution in [-0.2, 0) is 4.74 Å². The van der Waals surface area contributed by atoms with Gasteiger partial charge in [0.05, 0.1) is 6.61 Å². The average Bonchev–Trinajstić information content (AvgIpc) is 2.49. The second kappa shape index (κ2) is 16.0. The molecule has 0 radical (unpaired) electrons. The smallest absolute Gasteiger partial charge is 0.119 e. The lowest BCUT2D eigenvalue weighted by Crippen LogP contribution is -1.96. The van der Waals surface area contributed by atoms with Gasteiger partial charge in [0.1, 0.15) is 5.75 Å². The zero-order valence-electron chi connectivity index (χ0n) is 13.6. The van der Waals surface area contributed by atoms with Crippen molar-refractivity contribution < 1.29 is 9.47 Å². The van der Waals surface area contributed by atoms with Crippen LogP contribution in [0.15, 0.2) is 30.3 Å². The molecule has 0 bridgehead atoms. The molecule has 0 spiro atoms. The first kappa shape index (κ1) is 19.0. The highest BCUT2D eigenvalue weighted by Crippen LogP contribution is 2.06. The highest BCUT2D eigenvalue weighted by Gasteiger charge is 1.88. The van der Waals surface area contributed by atoms with Crippen molar-refractivity contribution in [1.82, 2.24) is 0 Å². The van der Waals surface area contributed by atoms with Crippen molar-refractivity contribution in [2.75, 3.05) is 19.8 Å². The molecule has 2 nitrogen and oxygen atoms in total. The third kappa shape index (κ3) is 13.4. The van der Waals surface area contributed by atoms with Crippen molar-refractivity contribution in [1.29, 1.82) is 0 Å². The van der Waals surface area contributed by atoms with Crippen molar-refractivity contribution in [2.24, 2.45) is 0 Å². The van der Waals surface area contributed by atoms with Crippen molar-refractivity contribution >= 4 is 0 Å². The molecule has 1 aromatic carbocycles. The van der Waals surface area contributed by atoms with Crippen LogP contribution in [0.1, 0.15) is 59.3 Å². The van der Waals surface area contributed by atoms with E-state index in [1.807, 2.05) is 37.3 Å². The maximum atomic E-state index is 5.44. The van der Waals surface area contributed by atoms with Gasteiger partial charge >= 0.3 is 0 Å². The SMILES string of the molecule is CCCCCOCCCCC.CCOc1ccccc1.